The molecule has 4 aromatic rings. The molecule has 1 amide bonds. The fraction of sp³-hybridized carbons (Fsp3) is 0.174. The largest absolute Gasteiger partial charge is 0.337 e. The monoisotopic (exact) mass is 461 g/mol. The van der Waals surface area contributed by atoms with Gasteiger partial charge in [0.2, 0.25) is 0 Å². The number of benzene rings is 2. The lowest BCUT2D eigenvalue weighted by molar-refractivity contribution is 0.0739. The number of hydrogen-bond donors (Lipinski definition) is 1. The molecule has 0 radical (unpaired) electrons. The summed E-state index contributed by atoms with van der Waals surface area (Å²) in [7, 11) is 0. The van der Waals surface area contributed by atoms with Gasteiger partial charge in [-0.1, -0.05) is 58.4 Å². The Hall–Kier alpha value is -3.19. The first-order chi connectivity index (χ1) is 14.7. The summed E-state index contributed by atoms with van der Waals surface area (Å²) in [6.07, 6.45) is 6.36. The van der Waals surface area contributed by atoms with Crippen LogP contribution in [0.4, 0.5) is 0 Å². The number of nitrogens with zero attached hydrogens (tertiary/aromatic N) is 4. The van der Waals surface area contributed by atoms with Crippen molar-refractivity contribution in [2.24, 2.45) is 0 Å². The van der Waals surface area contributed by atoms with Crippen LogP contribution in [0.3, 0.4) is 0 Å². The van der Waals surface area contributed by atoms with Gasteiger partial charge in [0, 0.05) is 41.1 Å². The SMILES string of the molecule is O=C1c2[nH]nc(-c3ccccc3)c2C(c2cccc(Br)c2)N1CCCn1ccnc1. The summed E-state index contributed by atoms with van der Waals surface area (Å²) in [6.45, 7) is 1.46. The van der Waals surface area contributed by atoms with Gasteiger partial charge in [-0.2, -0.15) is 5.10 Å². The molecule has 0 saturated heterocycles. The maximum atomic E-state index is 13.3. The zero-order valence-corrected chi connectivity index (χ0v) is 17.8. The number of aromatic nitrogens is 4. The van der Waals surface area contributed by atoms with Crippen LogP contribution in [-0.2, 0) is 6.54 Å². The number of fused-ring (bicyclic) bond motifs is 1. The summed E-state index contributed by atoms with van der Waals surface area (Å²) in [5, 5.41) is 7.53. The molecule has 0 bridgehead atoms. The molecule has 1 aliphatic rings. The van der Waals surface area contributed by atoms with Crippen LogP contribution in [0.1, 0.15) is 34.1 Å². The van der Waals surface area contributed by atoms with Crippen molar-refractivity contribution in [3.8, 4) is 11.3 Å². The Balaban J connectivity index is 1.53. The molecule has 0 fully saturated rings. The van der Waals surface area contributed by atoms with Crippen LogP contribution in [0.2, 0.25) is 0 Å². The quantitative estimate of drug-likeness (QED) is 0.453. The topological polar surface area (TPSA) is 66.8 Å². The second-order valence-corrected chi connectivity index (χ2v) is 8.25. The maximum Gasteiger partial charge on any atom is 0.273 e. The van der Waals surface area contributed by atoms with E-state index in [0.29, 0.717) is 12.2 Å². The number of H-pyrrole nitrogens is 1. The average molecular weight is 462 g/mol. The predicted molar refractivity (Wildman–Crippen MR) is 118 cm³/mol. The Morgan fingerprint density at radius 2 is 1.93 bits per heavy atom. The van der Waals surface area contributed by atoms with Crippen molar-refractivity contribution >= 4 is 21.8 Å². The maximum absolute atomic E-state index is 13.3. The van der Waals surface area contributed by atoms with E-state index in [0.717, 1.165) is 39.8 Å². The highest BCUT2D eigenvalue weighted by atomic mass is 79.9. The van der Waals surface area contributed by atoms with Gasteiger partial charge in [0.25, 0.3) is 5.91 Å². The number of carbonyl (C=O) groups is 1. The Labute approximate surface area is 182 Å². The molecule has 5 rings (SSSR count). The lowest BCUT2D eigenvalue weighted by Crippen LogP contribution is -2.31. The highest BCUT2D eigenvalue weighted by Crippen LogP contribution is 2.43. The van der Waals surface area contributed by atoms with Gasteiger partial charge < -0.3 is 9.47 Å². The first kappa shape index (κ1) is 18.8. The molecule has 2 aromatic carbocycles. The number of hydrogen-bond acceptors (Lipinski definition) is 3. The van der Waals surface area contributed by atoms with E-state index in [-0.39, 0.29) is 11.9 Å². The third kappa shape index (κ3) is 3.35. The number of carbonyl (C=O) groups excluding carboxylic acids is 1. The van der Waals surface area contributed by atoms with Crippen molar-refractivity contribution in [3.05, 3.63) is 94.6 Å². The van der Waals surface area contributed by atoms with E-state index in [1.165, 1.54) is 0 Å². The summed E-state index contributed by atoms with van der Waals surface area (Å²) in [5.74, 6) is -0.00436. The van der Waals surface area contributed by atoms with Gasteiger partial charge >= 0.3 is 0 Å². The summed E-state index contributed by atoms with van der Waals surface area (Å²) < 4.78 is 3.02. The van der Waals surface area contributed by atoms with Crippen molar-refractivity contribution in [2.45, 2.75) is 19.0 Å². The van der Waals surface area contributed by atoms with Crippen LogP contribution in [0.5, 0.6) is 0 Å². The summed E-state index contributed by atoms with van der Waals surface area (Å²) >= 11 is 3.58. The molecule has 0 spiro atoms. The number of amides is 1. The smallest absolute Gasteiger partial charge is 0.273 e. The second-order valence-electron chi connectivity index (χ2n) is 7.34. The second kappa shape index (κ2) is 7.91. The van der Waals surface area contributed by atoms with Crippen molar-refractivity contribution in [2.75, 3.05) is 6.54 Å². The van der Waals surface area contributed by atoms with Gasteiger partial charge in [-0.05, 0) is 24.1 Å². The fourth-order valence-electron chi connectivity index (χ4n) is 4.11. The molecule has 150 valence electrons. The molecular formula is C23H20BrN5O. The van der Waals surface area contributed by atoms with Crippen molar-refractivity contribution in [1.82, 2.24) is 24.6 Å². The molecule has 6 nitrogen and oxygen atoms in total. The molecule has 0 saturated carbocycles. The number of aryl methyl sites for hydroxylation is 1. The summed E-state index contributed by atoms with van der Waals surface area (Å²) in [6, 6.07) is 18.0. The van der Waals surface area contributed by atoms with Crippen LogP contribution < -0.4 is 0 Å². The van der Waals surface area contributed by atoms with Gasteiger partial charge in [0.15, 0.2) is 0 Å². The lowest BCUT2D eigenvalue weighted by atomic mass is 9.96. The molecule has 1 unspecified atom stereocenters. The molecule has 2 aromatic heterocycles. The van der Waals surface area contributed by atoms with E-state index in [1.54, 1.807) is 12.5 Å². The number of imidazole rings is 1. The third-order valence-electron chi connectivity index (χ3n) is 5.45. The van der Waals surface area contributed by atoms with Crippen LogP contribution in [-0.4, -0.2) is 37.1 Å². The summed E-state index contributed by atoms with van der Waals surface area (Å²) in [5.41, 5.74) is 4.44. The van der Waals surface area contributed by atoms with Crippen LogP contribution >= 0.6 is 15.9 Å². The van der Waals surface area contributed by atoms with Crippen molar-refractivity contribution in [3.63, 3.8) is 0 Å². The summed E-state index contributed by atoms with van der Waals surface area (Å²) in [4.78, 5) is 19.4. The molecule has 30 heavy (non-hydrogen) atoms. The van der Waals surface area contributed by atoms with Crippen LogP contribution in [0.15, 0.2) is 77.8 Å². The lowest BCUT2D eigenvalue weighted by Gasteiger charge is -2.26. The minimum atomic E-state index is -0.179. The number of aromatic amines is 1. The van der Waals surface area contributed by atoms with E-state index in [2.05, 4.69) is 43.2 Å². The first-order valence-electron chi connectivity index (χ1n) is 9.88. The van der Waals surface area contributed by atoms with Gasteiger partial charge in [-0.3, -0.25) is 9.89 Å². The Kier molecular flexibility index (Phi) is 4.96. The Morgan fingerprint density at radius 1 is 1.07 bits per heavy atom. The highest BCUT2D eigenvalue weighted by molar-refractivity contribution is 9.10. The van der Waals surface area contributed by atoms with E-state index in [1.807, 2.05) is 58.1 Å². The van der Waals surface area contributed by atoms with E-state index in [9.17, 15) is 4.79 Å². The zero-order valence-electron chi connectivity index (χ0n) is 16.2. The van der Waals surface area contributed by atoms with Gasteiger partial charge in [0.1, 0.15) is 5.69 Å². The molecule has 1 N–H and O–H groups in total. The van der Waals surface area contributed by atoms with Crippen molar-refractivity contribution < 1.29 is 4.79 Å². The minimum Gasteiger partial charge on any atom is -0.337 e. The first-order valence-corrected chi connectivity index (χ1v) is 10.7. The number of halogens is 1. The molecule has 3 heterocycles. The highest BCUT2D eigenvalue weighted by Gasteiger charge is 2.41. The molecule has 1 atom stereocenters. The standard InChI is InChI=1S/C23H20BrN5O/c24-18-9-4-8-17(14-18)22-19-20(16-6-2-1-3-7-16)26-27-21(19)23(30)29(22)12-5-11-28-13-10-25-15-28/h1-4,6-10,13-15,22H,5,11-12H2,(H,26,27). The minimum absolute atomic E-state index is 0.00436. The van der Waals surface area contributed by atoms with Gasteiger partial charge in [0.05, 0.1) is 18.1 Å². The normalized spacial score (nSPS) is 15.6. The molecule has 1 aliphatic heterocycles. The molecule has 7 heteroatoms. The number of nitrogens with one attached hydrogen (secondary N) is 1. The predicted octanol–water partition coefficient (Wildman–Crippen LogP) is 4.67. The van der Waals surface area contributed by atoms with Crippen LogP contribution in [0, 0.1) is 0 Å². The van der Waals surface area contributed by atoms with E-state index in [4.69, 9.17) is 0 Å². The van der Waals surface area contributed by atoms with E-state index < -0.39 is 0 Å². The zero-order chi connectivity index (χ0) is 20.5. The fourth-order valence-corrected chi connectivity index (χ4v) is 4.53. The van der Waals surface area contributed by atoms with Gasteiger partial charge in [-0.15, -0.1) is 0 Å². The van der Waals surface area contributed by atoms with E-state index >= 15 is 0 Å². The van der Waals surface area contributed by atoms with Crippen LogP contribution in [0.25, 0.3) is 11.3 Å². The number of rotatable bonds is 6. The van der Waals surface area contributed by atoms with Crippen molar-refractivity contribution in [1.29, 1.82) is 0 Å². The average Bonchev–Trinajstić information content (AvgIpc) is 3.48. The van der Waals surface area contributed by atoms with Gasteiger partial charge in [-0.25, -0.2) is 4.98 Å². The molecule has 0 aliphatic carbocycles. The molecular weight excluding hydrogens is 442 g/mol. The Morgan fingerprint density at radius 3 is 2.70 bits per heavy atom. The Bertz CT molecular complexity index is 1170. The third-order valence-corrected chi connectivity index (χ3v) is 5.94.